The predicted molar refractivity (Wildman–Crippen MR) is 133 cm³/mol. The van der Waals surface area contributed by atoms with E-state index in [-0.39, 0.29) is 17.9 Å². The minimum Gasteiger partial charge on any atom is -0.493 e. The highest BCUT2D eigenvalue weighted by molar-refractivity contribution is 6.32. The van der Waals surface area contributed by atoms with Gasteiger partial charge >= 0.3 is 0 Å². The molecule has 0 saturated carbocycles. The van der Waals surface area contributed by atoms with Gasteiger partial charge in [0, 0.05) is 18.0 Å². The summed E-state index contributed by atoms with van der Waals surface area (Å²) in [6.45, 7) is 7.14. The number of halogens is 1. The Labute approximate surface area is 204 Å². The Bertz CT molecular complexity index is 1130. The quantitative estimate of drug-likeness (QED) is 0.256. The number of hydrazone groups is 1. The van der Waals surface area contributed by atoms with Crippen LogP contribution in [0.2, 0.25) is 5.02 Å². The topological polar surface area (TPSA) is 82.0 Å². The van der Waals surface area contributed by atoms with E-state index in [2.05, 4.69) is 48.4 Å². The van der Waals surface area contributed by atoms with E-state index in [1.54, 1.807) is 24.3 Å². The molecule has 0 unspecified atom stereocenters. The van der Waals surface area contributed by atoms with Crippen LogP contribution in [0.1, 0.15) is 42.3 Å². The lowest BCUT2D eigenvalue weighted by molar-refractivity contribution is 0.0955. The van der Waals surface area contributed by atoms with E-state index in [1.165, 1.54) is 31.3 Å². The molecule has 3 rings (SSSR count). The van der Waals surface area contributed by atoms with E-state index >= 15 is 0 Å². The van der Waals surface area contributed by atoms with Crippen molar-refractivity contribution in [1.29, 1.82) is 0 Å². The van der Waals surface area contributed by atoms with Crippen LogP contribution >= 0.6 is 11.6 Å². The molecule has 34 heavy (non-hydrogen) atoms. The number of carbonyl (C=O) groups excluding carboxylic acids is 1. The second kappa shape index (κ2) is 11.5. The van der Waals surface area contributed by atoms with E-state index in [1.807, 2.05) is 12.1 Å². The molecule has 1 heterocycles. The Morgan fingerprint density at radius 1 is 1.06 bits per heavy atom. The molecule has 0 radical (unpaired) electrons. The van der Waals surface area contributed by atoms with Crippen molar-refractivity contribution < 1.29 is 19.0 Å². The molecule has 0 aliphatic rings. The van der Waals surface area contributed by atoms with Gasteiger partial charge in [-0.15, -0.1) is 0 Å². The zero-order valence-corrected chi connectivity index (χ0v) is 20.4. The minimum atomic E-state index is -0.343. The van der Waals surface area contributed by atoms with Crippen molar-refractivity contribution in [3.05, 3.63) is 82.6 Å². The third kappa shape index (κ3) is 6.96. The van der Waals surface area contributed by atoms with Crippen LogP contribution in [0.15, 0.2) is 66.0 Å². The van der Waals surface area contributed by atoms with Crippen molar-refractivity contribution in [2.24, 2.45) is 5.10 Å². The van der Waals surface area contributed by atoms with E-state index in [4.69, 9.17) is 25.8 Å². The van der Waals surface area contributed by atoms with Gasteiger partial charge in [0.1, 0.15) is 19.0 Å². The van der Waals surface area contributed by atoms with Gasteiger partial charge in [-0.25, -0.2) is 5.43 Å². The summed E-state index contributed by atoms with van der Waals surface area (Å²) in [4.78, 5) is 15.9. The number of nitrogens with zero attached hydrogens (tertiary/aromatic N) is 2. The molecule has 0 aliphatic heterocycles. The maximum Gasteiger partial charge on any atom is 0.271 e. The maximum atomic E-state index is 12.1. The van der Waals surface area contributed by atoms with Crippen LogP contribution < -0.4 is 19.6 Å². The van der Waals surface area contributed by atoms with Crippen molar-refractivity contribution in [2.45, 2.75) is 26.2 Å². The first-order valence-electron chi connectivity index (χ1n) is 10.7. The molecule has 0 fully saturated rings. The molecular formula is C26H28ClN3O4. The second-order valence-electron chi connectivity index (χ2n) is 8.44. The lowest BCUT2D eigenvalue weighted by atomic mass is 9.87. The van der Waals surface area contributed by atoms with Gasteiger partial charge in [-0.05, 0) is 52.9 Å². The number of methoxy groups -OCH3 is 1. The molecule has 3 aromatic rings. The van der Waals surface area contributed by atoms with E-state index < -0.39 is 0 Å². The second-order valence-corrected chi connectivity index (χ2v) is 8.85. The monoisotopic (exact) mass is 481 g/mol. The number of hydrogen-bond acceptors (Lipinski definition) is 6. The van der Waals surface area contributed by atoms with Crippen LogP contribution in [0.3, 0.4) is 0 Å². The zero-order valence-electron chi connectivity index (χ0n) is 19.7. The summed E-state index contributed by atoms with van der Waals surface area (Å²) in [6, 6.07) is 14.6. The van der Waals surface area contributed by atoms with Crippen LogP contribution in [0, 0.1) is 0 Å². The summed E-state index contributed by atoms with van der Waals surface area (Å²) in [5, 5.41) is 4.33. The molecular weight excluding hydrogens is 454 g/mol. The van der Waals surface area contributed by atoms with Gasteiger partial charge in [0.15, 0.2) is 11.5 Å². The third-order valence-corrected chi connectivity index (χ3v) is 5.17. The van der Waals surface area contributed by atoms with Crippen molar-refractivity contribution in [3.8, 4) is 17.2 Å². The number of pyridine rings is 1. The fourth-order valence-electron chi connectivity index (χ4n) is 3.04. The smallest absolute Gasteiger partial charge is 0.271 e. The maximum absolute atomic E-state index is 12.1. The van der Waals surface area contributed by atoms with Gasteiger partial charge in [-0.1, -0.05) is 44.5 Å². The van der Waals surface area contributed by atoms with Crippen LogP contribution in [-0.2, 0) is 5.41 Å². The van der Waals surface area contributed by atoms with Gasteiger partial charge in [-0.3, -0.25) is 9.78 Å². The number of rotatable bonds is 9. The number of nitrogens with one attached hydrogen (secondary N) is 1. The Morgan fingerprint density at radius 2 is 1.74 bits per heavy atom. The highest BCUT2D eigenvalue weighted by atomic mass is 35.5. The highest BCUT2D eigenvalue weighted by Gasteiger charge is 2.14. The van der Waals surface area contributed by atoms with Crippen LogP contribution in [-0.4, -0.2) is 37.4 Å². The molecule has 1 aromatic heterocycles. The first kappa shape index (κ1) is 25.1. The van der Waals surface area contributed by atoms with E-state index in [0.29, 0.717) is 34.3 Å². The van der Waals surface area contributed by atoms with Gasteiger partial charge < -0.3 is 14.2 Å². The normalized spacial score (nSPS) is 11.3. The molecule has 0 bridgehead atoms. The van der Waals surface area contributed by atoms with Crippen LogP contribution in [0.25, 0.3) is 0 Å². The fourth-order valence-corrected chi connectivity index (χ4v) is 3.32. The van der Waals surface area contributed by atoms with Crippen molar-refractivity contribution >= 4 is 23.7 Å². The molecule has 0 saturated heterocycles. The lowest BCUT2D eigenvalue weighted by Crippen LogP contribution is -2.17. The van der Waals surface area contributed by atoms with Gasteiger partial charge in [0.25, 0.3) is 5.91 Å². The first-order chi connectivity index (χ1) is 16.3. The van der Waals surface area contributed by atoms with Crippen molar-refractivity contribution in [2.75, 3.05) is 20.3 Å². The van der Waals surface area contributed by atoms with E-state index in [0.717, 1.165) is 5.75 Å². The summed E-state index contributed by atoms with van der Waals surface area (Å²) < 4.78 is 17.0. The lowest BCUT2D eigenvalue weighted by Gasteiger charge is -2.19. The highest BCUT2D eigenvalue weighted by Crippen LogP contribution is 2.36. The molecule has 0 spiro atoms. The van der Waals surface area contributed by atoms with Crippen LogP contribution in [0.5, 0.6) is 17.2 Å². The predicted octanol–water partition coefficient (Wildman–Crippen LogP) is 5.26. The first-order valence-corrected chi connectivity index (χ1v) is 11.1. The minimum absolute atomic E-state index is 0.0943. The van der Waals surface area contributed by atoms with Crippen molar-refractivity contribution in [1.82, 2.24) is 10.4 Å². The molecule has 2 aromatic carbocycles. The Hall–Kier alpha value is -3.58. The largest absolute Gasteiger partial charge is 0.493 e. The average Bonchev–Trinajstić information content (AvgIpc) is 2.82. The number of ether oxygens (including phenoxy) is 3. The van der Waals surface area contributed by atoms with Crippen LogP contribution in [0.4, 0.5) is 0 Å². The molecule has 7 nitrogen and oxygen atoms in total. The number of aromatic nitrogens is 1. The summed E-state index contributed by atoms with van der Waals surface area (Å²) in [7, 11) is 1.53. The summed E-state index contributed by atoms with van der Waals surface area (Å²) in [5.74, 6) is 1.29. The van der Waals surface area contributed by atoms with Crippen molar-refractivity contribution in [3.63, 3.8) is 0 Å². The number of carbonyl (C=O) groups is 1. The zero-order chi connectivity index (χ0) is 24.6. The number of hydrogen-bond donors (Lipinski definition) is 1. The molecule has 178 valence electrons. The average molecular weight is 482 g/mol. The van der Waals surface area contributed by atoms with Gasteiger partial charge in [-0.2, -0.15) is 5.10 Å². The Balaban J connectivity index is 1.55. The number of benzene rings is 2. The summed E-state index contributed by atoms with van der Waals surface area (Å²) in [5.41, 5.74) is 4.89. The number of amides is 1. The molecule has 8 heteroatoms. The van der Waals surface area contributed by atoms with E-state index in [9.17, 15) is 4.79 Å². The van der Waals surface area contributed by atoms with Gasteiger partial charge in [0.05, 0.1) is 18.3 Å². The Kier molecular flexibility index (Phi) is 8.49. The third-order valence-electron chi connectivity index (χ3n) is 4.89. The molecule has 1 amide bonds. The molecule has 0 atom stereocenters. The molecule has 0 aliphatic carbocycles. The standard InChI is InChI=1S/C26H28ClN3O4/c1-26(2,3)20-5-7-21(8-6-20)33-13-14-34-24-22(27)15-18(16-23(24)32-4)17-29-30-25(31)19-9-11-28-12-10-19/h5-12,15-17H,13-14H2,1-4H3,(H,30,31)/b29-17+. The SMILES string of the molecule is COc1cc(/C=N/NC(=O)c2ccncc2)cc(Cl)c1OCCOc1ccc(C(C)(C)C)cc1. The fraction of sp³-hybridized carbons (Fsp3) is 0.269. The van der Waals surface area contributed by atoms with Gasteiger partial charge in [0.2, 0.25) is 0 Å². The summed E-state index contributed by atoms with van der Waals surface area (Å²) >= 11 is 6.40. The summed E-state index contributed by atoms with van der Waals surface area (Å²) in [6.07, 6.45) is 4.55. The Morgan fingerprint density at radius 3 is 2.38 bits per heavy atom. The molecule has 1 N–H and O–H groups in total.